The van der Waals surface area contributed by atoms with Crippen molar-refractivity contribution in [2.24, 2.45) is 0 Å². The van der Waals surface area contributed by atoms with Crippen molar-refractivity contribution in [2.45, 2.75) is 199 Å². The van der Waals surface area contributed by atoms with E-state index in [0.29, 0.717) is 52.8 Å². The number of hydrogen-bond donors (Lipinski definition) is 6. The van der Waals surface area contributed by atoms with E-state index in [0.717, 1.165) is 21.6 Å². The minimum atomic E-state index is -3.97. The van der Waals surface area contributed by atoms with Crippen molar-refractivity contribution in [1.82, 2.24) is 30.0 Å². The lowest BCUT2D eigenvalue weighted by Gasteiger charge is -2.28. The van der Waals surface area contributed by atoms with Gasteiger partial charge < -0.3 is 39.1 Å². The van der Waals surface area contributed by atoms with E-state index < -0.39 is 49.4 Å². The summed E-state index contributed by atoms with van der Waals surface area (Å²) in [4.78, 5) is 56.7. The zero-order chi connectivity index (χ0) is 59.9. The zero-order valence-electron chi connectivity index (χ0n) is 48.1. The fourth-order valence-electron chi connectivity index (χ4n) is 7.56. The molecule has 0 unspecified atom stereocenters. The number of carbonyl (C=O) groups excluding carboxylic acids is 4. The Morgan fingerprint density at radius 1 is 0.588 bits per heavy atom. The van der Waals surface area contributed by atoms with Crippen molar-refractivity contribution >= 4 is 94.4 Å². The molecule has 80 heavy (non-hydrogen) atoms. The Hall–Kier alpha value is -5.00. The van der Waals surface area contributed by atoms with E-state index in [2.05, 4.69) is 56.6 Å². The van der Waals surface area contributed by atoms with Crippen molar-refractivity contribution in [3.05, 3.63) is 68.2 Å². The van der Waals surface area contributed by atoms with E-state index in [1.165, 1.54) is 23.5 Å². The Bertz CT molecular complexity index is 2920. The highest BCUT2D eigenvalue weighted by Crippen LogP contribution is 2.39. The van der Waals surface area contributed by atoms with Crippen LogP contribution in [0.1, 0.15) is 150 Å². The first kappa shape index (κ1) is 67.5. The molecule has 2 saturated heterocycles. The maximum absolute atomic E-state index is 13.4. The molecule has 6 rings (SSSR count). The highest BCUT2D eigenvalue weighted by molar-refractivity contribution is 9.11. The van der Waals surface area contributed by atoms with Crippen LogP contribution >= 0.6 is 38.6 Å². The van der Waals surface area contributed by atoms with Crippen LogP contribution in [-0.2, 0) is 48.5 Å². The molecule has 446 valence electrons. The van der Waals surface area contributed by atoms with Gasteiger partial charge in [-0.15, -0.1) is 22.7 Å². The van der Waals surface area contributed by atoms with Gasteiger partial charge in [0.1, 0.15) is 22.2 Å². The Morgan fingerprint density at radius 3 is 1.39 bits per heavy atom. The number of aryl methyl sites for hydroxylation is 1. The number of benzene rings is 2. The van der Waals surface area contributed by atoms with Gasteiger partial charge in [-0.2, -0.15) is 0 Å². The van der Waals surface area contributed by atoms with Gasteiger partial charge in [-0.3, -0.25) is 10.6 Å². The predicted octanol–water partition coefficient (Wildman–Crippen LogP) is 11.5. The second-order valence-corrected chi connectivity index (χ2v) is 28.8. The van der Waals surface area contributed by atoms with E-state index in [-0.39, 0.29) is 70.3 Å². The summed E-state index contributed by atoms with van der Waals surface area (Å²) >= 11 is 6.32. The predicted molar refractivity (Wildman–Crippen MR) is 312 cm³/mol. The molecule has 27 heteroatoms. The first-order valence-electron chi connectivity index (χ1n) is 26.1. The van der Waals surface area contributed by atoms with Crippen LogP contribution in [0.15, 0.2) is 62.4 Å². The summed E-state index contributed by atoms with van der Waals surface area (Å²) in [5, 5.41) is 12.4. The molecule has 2 aliphatic heterocycles. The molecule has 4 atom stereocenters. The number of halogens is 1. The Balaban J connectivity index is 0.000000283. The number of alkyl carbamates (subject to hydrolysis) is 2. The largest absolute Gasteiger partial charge is 0.447 e. The topological polar surface area (TPSA) is 290 Å². The van der Waals surface area contributed by atoms with Crippen molar-refractivity contribution in [2.75, 3.05) is 23.8 Å². The molecule has 2 aliphatic rings. The molecule has 0 saturated carbocycles. The van der Waals surface area contributed by atoms with Gasteiger partial charge in [0.15, 0.2) is 0 Å². The van der Waals surface area contributed by atoms with E-state index in [9.17, 15) is 36.0 Å². The summed E-state index contributed by atoms with van der Waals surface area (Å²) < 4.78 is 90.0. The van der Waals surface area contributed by atoms with Gasteiger partial charge in [0.25, 0.3) is 0 Å². The third kappa shape index (κ3) is 23.5. The van der Waals surface area contributed by atoms with Crippen LogP contribution < -0.4 is 30.7 Å². The van der Waals surface area contributed by atoms with Crippen LogP contribution in [0, 0.1) is 6.92 Å². The number of rotatable bonds is 15. The monoisotopic (exact) mass is 1260 g/mol. The molecule has 0 spiro atoms. The van der Waals surface area contributed by atoms with Crippen molar-refractivity contribution < 1.29 is 64.4 Å². The molecule has 4 aromatic rings. The summed E-state index contributed by atoms with van der Waals surface area (Å²) in [7, 11) is -7.64. The van der Waals surface area contributed by atoms with Gasteiger partial charge in [-0.25, -0.2) is 55.4 Å². The van der Waals surface area contributed by atoms with Crippen LogP contribution in [0.2, 0.25) is 0 Å². The van der Waals surface area contributed by atoms with Gasteiger partial charge in [-0.05, 0) is 175 Å². The molecule has 0 radical (unpaired) electrons. The lowest BCUT2D eigenvalue weighted by molar-refractivity contribution is -0.00533. The fourth-order valence-corrected chi connectivity index (χ4v) is 13.3. The molecular weight excluding hydrogens is 1180 g/mol. The van der Waals surface area contributed by atoms with Crippen LogP contribution in [0.3, 0.4) is 0 Å². The molecule has 0 bridgehead atoms. The Morgan fingerprint density at radius 2 is 0.988 bits per heavy atom. The fraction of sp³-hybridized carbons (Fsp3) is 0.585. The SMILES string of the molecule is CC(C)OC(=O)N[C@@H]1CC[C@@H](c2ncc(Br)s2)OC1.CC(C)OC(=O)Nc1ccc(-c2cnc([C@@H]3CC[C@@H](NC(=O)OC(C)C)CO3)s2)c(S(=O)(=O)NC(C)(C)C)c1.Cc1ccc(NC(=O)OC(C)C)cc1S(=O)(=O)NC(C)(C)C. The number of hydrogen-bond acceptors (Lipinski definition) is 18. The smallest absolute Gasteiger partial charge is 0.411 e. The van der Waals surface area contributed by atoms with E-state index in [1.807, 2.05) is 13.8 Å². The number of sulfonamides is 2. The molecule has 4 heterocycles. The lowest BCUT2D eigenvalue weighted by atomic mass is 10.1. The Labute approximate surface area is 487 Å². The number of aromatic nitrogens is 2. The summed E-state index contributed by atoms with van der Waals surface area (Å²) in [5.41, 5.74) is 0.381. The highest BCUT2D eigenvalue weighted by atomic mass is 79.9. The van der Waals surface area contributed by atoms with Crippen LogP contribution in [0.4, 0.5) is 30.6 Å². The Kier molecular flexibility index (Phi) is 25.2. The molecule has 4 amide bonds. The molecule has 2 fully saturated rings. The van der Waals surface area contributed by atoms with Gasteiger partial charge in [0, 0.05) is 34.2 Å². The molecule has 6 N–H and O–H groups in total. The third-order valence-electron chi connectivity index (χ3n) is 10.5. The number of nitrogens with zero attached hydrogens (tertiary/aromatic N) is 2. The first-order chi connectivity index (χ1) is 37.1. The second kappa shape index (κ2) is 29.8. The number of anilines is 2. The maximum Gasteiger partial charge on any atom is 0.411 e. The molecular formula is C53H79BrN8O14S4. The average Bonchev–Trinajstić information content (AvgIpc) is 4.00. The standard InChI is InChI=1S/C26H38N4O7S2.C15H24N2O4S.C12H17BrN2O3S/c1-15(2)36-24(31)28-17-8-10-19(22(12-17)39(33,34)30-26(5,6)7)21-13-27-23(38-21)20-11-9-18(14-35-20)29-25(32)37-16(3)4;1-10(2)21-14(18)16-12-8-7-11(3)13(9-12)22(19,20)17-15(4,5)6;1-7(2)18-12(16)15-8-3-4-9(17-6-8)11-14-5-10(13)19-11/h8,10,12-13,15-16,18,20,30H,9,11,14H2,1-7H3,(H,28,31)(H,29,32);7-10,17H,1-6H3,(H,16,18);5,7-9H,3-4,6H2,1-2H3,(H,15,16)/t18-,20+;;8-,9+/m1.1/s1. The number of ether oxygens (including phenoxy) is 6. The second-order valence-electron chi connectivity index (χ2n) is 22.0. The number of nitrogens with one attached hydrogen (secondary N) is 6. The number of thiazole rings is 2. The van der Waals surface area contributed by atoms with E-state index >= 15 is 0 Å². The molecule has 2 aromatic carbocycles. The van der Waals surface area contributed by atoms with Crippen LogP contribution in [0.5, 0.6) is 0 Å². The number of carbonyl (C=O) groups is 4. The highest BCUT2D eigenvalue weighted by Gasteiger charge is 2.31. The minimum Gasteiger partial charge on any atom is -0.447 e. The molecule has 22 nitrogen and oxygen atoms in total. The van der Waals surface area contributed by atoms with Crippen molar-refractivity contribution in [3.8, 4) is 10.4 Å². The lowest BCUT2D eigenvalue weighted by Crippen LogP contribution is -2.42. The third-order valence-corrected chi connectivity index (χ3v) is 16.9. The first-order valence-corrected chi connectivity index (χ1v) is 31.5. The maximum atomic E-state index is 13.4. The van der Waals surface area contributed by atoms with Gasteiger partial charge >= 0.3 is 24.4 Å². The molecule has 2 aromatic heterocycles. The molecule has 0 aliphatic carbocycles. The van der Waals surface area contributed by atoms with Crippen LogP contribution in [-0.4, -0.2) is 112 Å². The van der Waals surface area contributed by atoms with Gasteiger partial charge in [0.2, 0.25) is 20.0 Å². The number of amides is 4. The van der Waals surface area contributed by atoms with Crippen molar-refractivity contribution in [1.29, 1.82) is 0 Å². The summed E-state index contributed by atoms with van der Waals surface area (Å²) in [6, 6.07) is 9.23. The summed E-state index contributed by atoms with van der Waals surface area (Å²) in [5.74, 6) is 0. The van der Waals surface area contributed by atoms with Gasteiger partial charge in [-0.1, -0.05) is 12.1 Å². The summed E-state index contributed by atoms with van der Waals surface area (Å²) in [6.45, 7) is 27.2. The quantitative estimate of drug-likeness (QED) is 0.0603. The van der Waals surface area contributed by atoms with E-state index in [1.54, 1.807) is 138 Å². The van der Waals surface area contributed by atoms with Crippen molar-refractivity contribution in [3.63, 3.8) is 0 Å². The average molecular weight is 1260 g/mol. The van der Waals surface area contributed by atoms with E-state index in [4.69, 9.17) is 28.4 Å². The minimum absolute atomic E-state index is 0.00691. The normalized spacial score (nSPS) is 17.8. The summed E-state index contributed by atoms with van der Waals surface area (Å²) in [6.07, 6.45) is 3.19. The van der Waals surface area contributed by atoms with Gasteiger partial charge in [0.05, 0.1) is 74.4 Å². The zero-order valence-corrected chi connectivity index (χ0v) is 53.0. The van der Waals surface area contributed by atoms with Crippen LogP contribution in [0.25, 0.3) is 10.4 Å².